The number of nitrogens with zero attached hydrogens (tertiary/aromatic N) is 4. The van der Waals surface area contributed by atoms with Crippen molar-refractivity contribution in [3.8, 4) is 11.8 Å². The fourth-order valence-electron chi connectivity index (χ4n) is 2.43. The number of benzene rings is 1. The van der Waals surface area contributed by atoms with Crippen molar-refractivity contribution in [3.05, 3.63) is 30.1 Å². The van der Waals surface area contributed by atoms with Crippen molar-refractivity contribution in [3.63, 3.8) is 0 Å². The van der Waals surface area contributed by atoms with Gasteiger partial charge in [0, 0.05) is 31.4 Å². The van der Waals surface area contributed by atoms with Gasteiger partial charge in [-0.25, -0.2) is 0 Å². The summed E-state index contributed by atoms with van der Waals surface area (Å²) in [5.74, 6) is 1.52. The molecule has 0 amide bonds. The first kappa shape index (κ1) is 13.9. The second-order valence-corrected chi connectivity index (χ2v) is 5.31. The molecular weight excluding hydrogens is 266 g/mol. The maximum absolute atomic E-state index is 5.90. The maximum Gasteiger partial charge on any atom is 0.322 e. The van der Waals surface area contributed by atoms with Crippen molar-refractivity contribution in [1.29, 1.82) is 0 Å². The van der Waals surface area contributed by atoms with E-state index in [9.17, 15) is 0 Å². The summed E-state index contributed by atoms with van der Waals surface area (Å²) in [6.45, 7) is 6.88. The Bertz CT molecular complexity index is 618. The molecule has 1 aromatic heterocycles. The Hall–Kier alpha value is -2.08. The zero-order valence-corrected chi connectivity index (χ0v) is 12.5. The summed E-state index contributed by atoms with van der Waals surface area (Å²) in [6, 6.07) is 8.40. The Labute approximate surface area is 124 Å². The molecule has 2 heterocycles. The second kappa shape index (κ2) is 5.73. The van der Waals surface area contributed by atoms with E-state index in [4.69, 9.17) is 10.5 Å². The lowest BCUT2D eigenvalue weighted by Crippen LogP contribution is -2.36. The van der Waals surface area contributed by atoms with Gasteiger partial charge in [0.15, 0.2) is 5.82 Å². The highest BCUT2D eigenvalue weighted by Crippen LogP contribution is 2.28. The van der Waals surface area contributed by atoms with Gasteiger partial charge in [-0.3, -0.25) is 4.57 Å². The molecule has 2 aromatic rings. The summed E-state index contributed by atoms with van der Waals surface area (Å²) in [6.07, 6.45) is 1.26. The highest BCUT2D eigenvalue weighted by Gasteiger charge is 2.17. The number of nitrogens with two attached hydrogens (primary N) is 1. The number of hydrogen-bond donors (Lipinski definition) is 1. The van der Waals surface area contributed by atoms with Gasteiger partial charge >= 0.3 is 6.01 Å². The Morgan fingerprint density at radius 2 is 2.14 bits per heavy atom. The largest absolute Gasteiger partial charge is 0.424 e. The van der Waals surface area contributed by atoms with Crippen LogP contribution in [0.3, 0.4) is 0 Å². The first-order chi connectivity index (χ1) is 10.2. The van der Waals surface area contributed by atoms with Crippen LogP contribution in [0.15, 0.2) is 24.3 Å². The van der Waals surface area contributed by atoms with Gasteiger partial charge in [-0.2, -0.15) is 0 Å². The molecule has 0 saturated carbocycles. The number of rotatable bonds is 5. The standard InChI is InChI=1S/C15H21N5O/c1-3-20-14(11(2)16)17-18-15(20)21-13-7-4-6-12(10-13)19-8-5-9-19/h4,6-7,10-11H,3,5,8-9,16H2,1-2H3/t11-/m1/s1. The van der Waals surface area contributed by atoms with Gasteiger partial charge < -0.3 is 15.4 Å². The fraction of sp³-hybridized carbons (Fsp3) is 0.467. The van der Waals surface area contributed by atoms with Crippen LogP contribution in [0.4, 0.5) is 5.69 Å². The van der Waals surface area contributed by atoms with Gasteiger partial charge in [-0.05, 0) is 32.4 Å². The highest BCUT2D eigenvalue weighted by molar-refractivity contribution is 5.52. The molecule has 112 valence electrons. The van der Waals surface area contributed by atoms with Crippen LogP contribution in [-0.4, -0.2) is 27.9 Å². The molecule has 1 aromatic carbocycles. The number of aromatic nitrogens is 3. The molecule has 0 bridgehead atoms. The molecule has 1 fully saturated rings. The van der Waals surface area contributed by atoms with Crippen molar-refractivity contribution in [2.45, 2.75) is 32.9 Å². The predicted molar refractivity (Wildman–Crippen MR) is 81.6 cm³/mol. The molecule has 0 spiro atoms. The Morgan fingerprint density at radius 3 is 2.76 bits per heavy atom. The average molecular weight is 287 g/mol. The fourth-order valence-corrected chi connectivity index (χ4v) is 2.43. The molecule has 0 aliphatic carbocycles. The van der Waals surface area contributed by atoms with E-state index in [1.165, 1.54) is 12.1 Å². The monoisotopic (exact) mass is 287 g/mol. The van der Waals surface area contributed by atoms with Crippen LogP contribution in [0.25, 0.3) is 0 Å². The molecule has 3 rings (SSSR count). The van der Waals surface area contributed by atoms with Crippen molar-refractivity contribution < 1.29 is 4.74 Å². The van der Waals surface area contributed by atoms with Crippen molar-refractivity contribution in [1.82, 2.24) is 14.8 Å². The Morgan fingerprint density at radius 1 is 1.33 bits per heavy atom. The second-order valence-electron chi connectivity index (χ2n) is 5.31. The summed E-state index contributed by atoms with van der Waals surface area (Å²) in [4.78, 5) is 2.32. The minimum Gasteiger partial charge on any atom is -0.424 e. The lowest BCUT2D eigenvalue weighted by Gasteiger charge is -2.33. The summed E-state index contributed by atoms with van der Waals surface area (Å²) < 4.78 is 7.80. The van der Waals surface area contributed by atoms with E-state index < -0.39 is 0 Å². The quantitative estimate of drug-likeness (QED) is 0.914. The van der Waals surface area contributed by atoms with E-state index in [1.807, 2.05) is 36.6 Å². The zero-order valence-electron chi connectivity index (χ0n) is 12.5. The summed E-state index contributed by atoms with van der Waals surface area (Å²) >= 11 is 0. The van der Waals surface area contributed by atoms with Gasteiger partial charge in [0.1, 0.15) is 5.75 Å². The molecular formula is C15H21N5O. The van der Waals surface area contributed by atoms with Gasteiger partial charge in [0.2, 0.25) is 0 Å². The molecule has 1 aliphatic rings. The minimum absolute atomic E-state index is 0.165. The van der Waals surface area contributed by atoms with Crippen LogP contribution in [0.5, 0.6) is 11.8 Å². The van der Waals surface area contributed by atoms with E-state index in [1.54, 1.807) is 0 Å². The van der Waals surface area contributed by atoms with E-state index in [-0.39, 0.29) is 6.04 Å². The third-order valence-electron chi connectivity index (χ3n) is 3.72. The van der Waals surface area contributed by atoms with E-state index in [2.05, 4.69) is 21.2 Å². The molecule has 0 radical (unpaired) electrons. The van der Waals surface area contributed by atoms with Gasteiger partial charge in [0.05, 0.1) is 6.04 Å². The molecule has 21 heavy (non-hydrogen) atoms. The van der Waals surface area contributed by atoms with Gasteiger partial charge in [0.25, 0.3) is 0 Å². The molecule has 1 atom stereocenters. The van der Waals surface area contributed by atoms with Gasteiger partial charge in [-0.15, -0.1) is 5.10 Å². The molecule has 6 nitrogen and oxygen atoms in total. The van der Waals surface area contributed by atoms with Crippen LogP contribution in [-0.2, 0) is 6.54 Å². The topological polar surface area (TPSA) is 69.2 Å². The first-order valence-corrected chi connectivity index (χ1v) is 7.40. The van der Waals surface area contributed by atoms with Crippen LogP contribution in [0.1, 0.15) is 32.1 Å². The lowest BCUT2D eigenvalue weighted by molar-refractivity contribution is 0.409. The number of ether oxygens (including phenoxy) is 1. The first-order valence-electron chi connectivity index (χ1n) is 7.40. The maximum atomic E-state index is 5.90. The third-order valence-corrected chi connectivity index (χ3v) is 3.72. The zero-order chi connectivity index (χ0) is 14.8. The average Bonchev–Trinajstić information content (AvgIpc) is 2.80. The van der Waals surface area contributed by atoms with E-state index >= 15 is 0 Å². The van der Waals surface area contributed by atoms with E-state index in [0.29, 0.717) is 6.01 Å². The SMILES string of the molecule is CCn1c(Oc2cccc(N3CCC3)c2)nnc1[C@@H](C)N. The summed E-state index contributed by atoms with van der Waals surface area (Å²) in [5, 5.41) is 8.23. The highest BCUT2D eigenvalue weighted by atomic mass is 16.5. The molecule has 1 aliphatic heterocycles. The van der Waals surface area contributed by atoms with Crippen molar-refractivity contribution >= 4 is 5.69 Å². The molecule has 6 heteroatoms. The van der Waals surface area contributed by atoms with Crippen molar-refractivity contribution in [2.24, 2.45) is 5.73 Å². The Balaban J connectivity index is 1.83. The molecule has 0 unspecified atom stereocenters. The predicted octanol–water partition coefficient (Wildman–Crippen LogP) is 2.32. The Kier molecular flexibility index (Phi) is 3.79. The lowest BCUT2D eigenvalue weighted by atomic mass is 10.2. The minimum atomic E-state index is -0.165. The molecule has 1 saturated heterocycles. The number of anilines is 1. The van der Waals surface area contributed by atoms with Crippen LogP contribution >= 0.6 is 0 Å². The van der Waals surface area contributed by atoms with E-state index in [0.717, 1.165) is 31.2 Å². The van der Waals surface area contributed by atoms with Gasteiger partial charge in [-0.1, -0.05) is 11.2 Å². The molecule has 2 N–H and O–H groups in total. The third kappa shape index (κ3) is 2.71. The van der Waals surface area contributed by atoms with Crippen LogP contribution in [0, 0.1) is 0 Å². The summed E-state index contributed by atoms with van der Waals surface area (Å²) in [5.41, 5.74) is 7.09. The smallest absolute Gasteiger partial charge is 0.322 e. The van der Waals surface area contributed by atoms with Crippen LogP contribution in [0.2, 0.25) is 0 Å². The number of hydrogen-bond acceptors (Lipinski definition) is 5. The summed E-state index contributed by atoms with van der Waals surface area (Å²) in [7, 11) is 0. The van der Waals surface area contributed by atoms with Crippen LogP contribution < -0.4 is 15.4 Å². The normalized spacial score (nSPS) is 15.7. The van der Waals surface area contributed by atoms with Crippen molar-refractivity contribution in [2.75, 3.05) is 18.0 Å².